The highest BCUT2D eigenvalue weighted by molar-refractivity contribution is 6.31. The molecule has 1 aliphatic heterocycles. The molecule has 3 heterocycles. The number of allylic oxidation sites excluding steroid dienone is 2. The summed E-state index contributed by atoms with van der Waals surface area (Å²) in [7, 11) is 0. The van der Waals surface area contributed by atoms with Crippen molar-refractivity contribution >= 4 is 17.4 Å². The van der Waals surface area contributed by atoms with Crippen molar-refractivity contribution in [2.45, 2.75) is 25.7 Å². The maximum atomic E-state index is 7.83. The third-order valence-corrected chi connectivity index (χ3v) is 4.89. The molecule has 0 fully saturated rings. The van der Waals surface area contributed by atoms with Crippen molar-refractivity contribution < 1.29 is 4.42 Å². The van der Waals surface area contributed by atoms with E-state index in [0.29, 0.717) is 16.5 Å². The minimum absolute atomic E-state index is 0.294. The second kappa shape index (κ2) is 6.74. The average molecular weight is 365 g/mol. The number of aromatic nitrogens is 2. The zero-order valence-electron chi connectivity index (χ0n) is 14.2. The van der Waals surface area contributed by atoms with E-state index in [4.69, 9.17) is 22.6 Å². The van der Waals surface area contributed by atoms with E-state index in [1.807, 2.05) is 36.4 Å². The van der Waals surface area contributed by atoms with Crippen molar-refractivity contribution in [3.05, 3.63) is 81.6 Å². The largest absolute Gasteiger partial charge is 0.463 e. The molecule has 0 spiro atoms. The summed E-state index contributed by atoms with van der Waals surface area (Å²) >= 11 is 6.52. The van der Waals surface area contributed by atoms with Gasteiger partial charge in [0.05, 0.1) is 18.8 Å². The van der Waals surface area contributed by atoms with Crippen molar-refractivity contribution in [3.8, 4) is 11.5 Å². The van der Waals surface area contributed by atoms with Crippen LogP contribution in [0, 0.1) is 6.57 Å². The van der Waals surface area contributed by atoms with Gasteiger partial charge in [-0.1, -0.05) is 43.1 Å². The zero-order chi connectivity index (χ0) is 18.1. The molecule has 0 bridgehead atoms. The third kappa shape index (κ3) is 2.59. The molecule has 1 atom stereocenters. The molecular weight excluding hydrogens is 348 g/mol. The fourth-order valence-corrected chi connectivity index (χ4v) is 3.68. The minimum Gasteiger partial charge on any atom is -0.463 e. The number of fused-ring (bicyclic) bond motifs is 1. The van der Waals surface area contributed by atoms with Gasteiger partial charge >= 0.3 is 0 Å². The number of hydrogen-bond acceptors (Lipinski definition) is 3. The molecule has 6 heteroatoms. The normalized spacial score (nSPS) is 16.1. The lowest BCUT2D eigenvalue weighted by Gasteiger charge is -2.27. The molecule has 2 aromatic heterocycles. The average Bonchev–Trinajstić information content (AvgIpc) is 3.30. The fourth-order valence-electron chi connectivity index (χ4n) is 3.44. The van der Waals surface area contributed by atoms with Crippen LogP contribution in [0.2, 0.25) is 5.02 Å². The first-order valence-electron chi connectivity index (χ1n) is 8.48. The van der Waals surface area contributed by atoms with Gasteiger partial charge in [-0.2, -0.15) is 5.10 Å². The van der Waals surface area contributed by atoms with Crippen LogP contribution in [0.1, 0.15) is 36.8 Å². The zero-order valence-corrected chi connectivity index (χ0v) is 15.0. The molecule has 4 rings (SSSR count). The highest BCUT2D eigenvalue weighted by atomic mass is 35.5. The third-order valence-electron chi connectivity index (χ3n) is 4.55. The van der Waals surface area contributed by atoms with Crippen molar-refractivity contribution in [3.63, 3.8) is 0 Å². The van der Waals surface area contributed by atoms with Gasteiger partial charge < -0.3 is 9.73 Å². The molecule has 5 nitrogen and oxygen atoms in total. The van der Waals surface area contributed by atoms with Crippen LogP contribution in [-0.4, -0.2) is 10.2 Å². The maximum Gasteiger partial charge on any atom is 0.196 e. The van der Waals surface area contributed by atoms with E-state index in [0.717, 1.165) is 41.2 Å². The van der Waals surface area contributed by atoms with Gasteiger partial charge in [-0.3, -0.25) is 5.10 Å². The number of H-pyrrole nitrogens is 1. The summed E-state index contributed by atoms with van der Waals surface area (Å²) in [6.07, 6.45) is 3.33. The Kier molecular flexibility index (Phi) is 4.27. The van der Waals surface area contributed by atoms with Crippen molar-refractivity contribution in [1.29, 1.82) is 0 Å². The molecule has 2 N–H and O–H groups in total. The minimum atomic E-state index is -0.294. The Balaban J connectivity index is 1.98. The summed E-state index contributed by atoms with van der Waals surface area (Å²) in [6, 6.07) is 11.4. The van der Waals surface area contributed by atoms with E-state index in [2.05, 4.69) is 27.3 Å². The standard InChI is InChI=1S/C20H17ClN4O/c1-3-7-14-18(22-2)16(12-8-4-5-9-13(12)21)17-19(15-10-6-11-26-15)24-25-20(17)23-14/h4-6,8-11,16H,3,7H2,1H3,(H2,23,24,25). The number of nitrogens with one attached hydrogen (secondary N) is 2. The van der Waals surface area contributed by atoms with Crippen molar-refractivity contribution in [2.75, 3.05) is 5.32 Å². The van der Waals surface area contributed by atoms with E-state index in [9.17, 15) is 0 Å². The van der Waals surface area contributed by atoms with Crippen LogP contribution < -0.4 is 5.32 Å². The molecule has 0 amide bonds. The van der Waals surface area contributed by atoms with Crippen LogP contribution in [0.25, 0.3) is 16.3 Å². The topological polar surface area (TPSA) is 58.2 Å². The number of halogens is 1. The van der Waals surface area contributed by atoms with Gasteiger partial charge in [-0.15, -0.1) is 0 Å². The number of benzene rings is 1. The highest BCUT2D eigenvalue weighted by Gasteiger charge is 2.36. The van der Waals surface area contributed by atoms with Crippen LogP contribution in [0.3, 0.4) is 0 Å². The lowest BCUT2D eigenvalue weighted by Crippen LogP contribution is -2.17. The Morgan fingerprint density at radius 3 is 2.81 bits per heavy atom. The van der Waals surface area contributed by atoms with Crippen LogP contribution >= 0.6 is 11.6 Å². The molecule has 0 saturated carbocycles. The molecular formula is C20H17ClN4O. The van der Waals surface area contributed by atoms with Crippen LogP contribution in [0.15, 0.2) is 58.5 Å². The van der Waals surface area contributed by atoms with Gasteiger partial charge in [0.1, 0.15) is 5.69 Å². The predicted molar refractivity (Wildman–Crippen MR) is 102 cm³/mol. The Morgan fingerprint density at radius 2 is 2.12 bits per heavy atom. The van der Waals surface area contributed by atoms with Gasteiger partial charge in [0.15, 0.2) is 17.3 Å². The molecule has 0 aliphatic carbocycles. The van der Waals surface area contributed by atoms with Gasteiger partial charge in [0.25, 0.3) is 0 Å². The number of hydrogen-bond donors (Lipinski definition) is 2. The molecule has 26 heavy (non-hydrogen) atoms. The van der Waals surface area contributed by atoms with E-state index in [1.165, 1.54) is 0 Å². The number of aromatic amines is 1. The molecule has 3 aromatic rings. The van der Waals surface area contributed by atoms with Gasteiger partial charge in [-0.05, 0) is 30.2 Å². The van der Waals surface area contributed by atoms with E-state index in [-0.39, 0.29) is 5.92 Å². The summed E-state index contributed by atoms with van der Waals surface area (Å²) in [5.41, 5.74) is 4.10. The first-order chi connectivity index (χ1) is 12.7. The molecule has 1 unspecified atom stereocenters. The molecule has 1 aromatic carbocycles. The van der Waals surface area contributed by atoms with Crippen molar-refractivity contribution in [1.82, 2.24) is 10.2 Å². The second-order valence-electron chi connectivity index (χ2n) is 6.14. The monoisotopic (exact) mass is 364 g/mol. The second-order valence-corrected chi connectivity index (χ2v) is 6.55. The van der Waals surface area contributed by atoms with E-state index in [1.54, 1.807) is 6.26 Å². The van der Waals surface area contributed by atoms with Crippen molar-refractivity contribution in [2.24, 2.45) is 0 Å². The predicted octanol–water partition coefficient (Wildman–Crippen LogP) is 5.81. The smallest absolute Gasteiger partial charge is 0.196 e. The summed E-state index contributed by atoms with van der Waals surface area (Å²) < 4.78 is 5.58. The maximum absolute atomic E-state index is 7.83. The summed E-state index contributed by atoms with van der Waals surface area (Å²) in [6.45, 7) is 9.92. The summed E-state index contributed by atoms with van der Waals surface area (Å²) in [4.78, 5) is 3.88. The van der Waals surface area contributed by atoms with Gasteiger partial charge in [0, 0.05) is 16.3 Å². The summed E-state index contributed by atoms with van der Waals surface area (Å²) in [5, 5.41) is 11.5. The Bertz CT molecular complexity index is 1010. The van der Waals surface area contributed by atoms with Crippen LogP contribution in [-0.2, 0) is 0 Å². The Morgan fingerprint density at radius 1 is 1.27 bits per heavy atom. The lowest BCUT2D eigenvalue weighted by molar-refractivity contribution is 0.579. The first-order valence-corrected chi connectivity index (χ1v) is 8.86. The summed E-state index contributed by atoms with van der Waals surface area (Å²) in [5.74, 6) is 1.11. The number of rotatable bonds is 4. The SMILES string of the molecule is [C-]#[N+]C1=C(CCC)Nc2n[nH]c(-c3ccco3)c2C1c1ccccc1Cl. The van der Waals surface area contributed by atoms with E-state index >= 15 is 0 Å². The lowest BCUT2D eigenvalue weighted by atomic mass is 9.84. The quantitative estimate of drug-likeness (QED) is 0.574. The highest BCUT2D eigenvalue weighted by Crippen LogP contribution is 2.48. The van der Waals surface area contributed by atoms with Crippen LogP contribution in [0.4, 0.5) is 5.82 Å². The molecule has 0 saturated heterocycles. The number of furan rings is 1. The molecule has 1 aliphatic rings. The number of nitrogens with zero attached hydrogens (tertiary/aromatic N) is 2. The first kappa shape index (κ1) is 16.5. The Labute approximate surface area is 156 Å². The molecule has 130 valence electrons. The van der Waals surface area contributed by atoms with Gasteiger partial charge in [0.2, 0.25) is 0 Å². The van der Waals surface area contributed by atoms with Gasteiger partial charge in [-0.25, -0.2) is 4.85 Å². The molecule has 0 radical (unpaired) electrons. The fraction of sp³-hybridized carbons (Fsp3) is 0.200. The number of anilines is 1. The Hall–Kier alpha value is -2.97. The van der Waals surface area contributed by atoms with E-state index < -0.39 is 0 Å². The van der Waals surface area contributed by atoms with Crippen LogP contribution in [0.5, 0.6) is 0 Å².